The van der Waals surface area contributed by atoms with E-state index in [0.717, 1.165) is 25.9 Å². The summed E-state index contributed by atoms with van der Waals surface area (Å²) in [5.41, 5.74) is -0.0369. The van der Waals surface area contributed by atoms with Crippen LogP contribution in [-0.4, -0.2) is 45.3 Å². The van der Waals surface area contributed by atoms with Crippen molar-refractivity contribution in [2.24, 2.45) is 5.92 Å². The van der Waals surface area contributed by atoms with E-state index in [-0.39, 0.29) is 11.8 Å². The van der Waals surface area contributed by atoms with E-state index in [4.69, 9.17) is 5.11 Å². The minimum absolute atomic E-state index is 0.0369. The van der Waals surface area contributed by atoms with Crippen LogP contribution in [0.2, 0.25) is 0 Å². The number of carboxylic acids is 1. The van der Waals surface area contributed by atoms with Gasteiger partial charge in [-0.2, -0.15) is 0 Å². The highest BCUT2D eigenvalue weighted by Gasteiger charge is 2.23. The molecule has 18 heavy (non-hydrogen) atoms. The van der Waals surface area contributed by atoms with Crippen molar-refractivity contribution in [3.8, 4) is 0 Å². The van der Waals surface area contributed by atoms with Gasteiger partial charge in [0.15, 0.2) is 5.69 Å². The third-order valence-corrected chi connectivity index (χ3v) is 3.39. The molecule has 0 spiro atoms. The number of carbonyl (C=O) groups is 1. The van der Waals surface area contributed by atoms with E-state index in [1.807, 2.05) is 11.8 Å². The molecule has 0 aromatic carbocycles. The lowest BCUT2D eigenvalue weighted by atomic mass is 9.92. The third kappa shape index (κ3) is 2.76. The first-order valence-electron chi connectivity index (χ1n) is 6.06. The Morgan fingerprint density at radius 3 is 2.67 bits per heavy atom. The number of hydrogen-bond acceptors (Lipinski definition) is 5. The number of carboxylic acid groups (broad SMARTS) is 1. The summed E-state index contributed by atoms with van der Waals surface area (Å²) in [6, 6.07) is 0. The summed E-state index contributed by atoms with van der Waals surface area (Å²) in [5.74, 6) is -0.154. The second-order valence-electron chi connectivity index (χ2n) is 4.63. The molecule has 0 radical (unpaired) electrons. The van der Waals surface area contributed by atoms with Gasteiger partial charge in [0.1, 0.15) is 5.82 Å². The summed E-state index contributed by atoms with van der Waals surface area (Å²) in [6.45, 7) is 3.35. The van der Waals surface area contributed by atoms with Crippen LogP contribution >= 0.6 is 0 Å². The van der Waals surface area contributed by atoms with Gasteiger partial charge in [0.25, 0.3) is 0 Å². The van der Waals surface area contributed by atoms with Crippen LogP contribution in [0.25, 0.3) is 0 Å². The van der Waals surface area contributed by atoms with Crippen molar-refractivity contribution < 1.29 is 15.0 Å². The Hall–Kier alpha value is -1.69. The number of nitrogens with zero attached hydrogens (tertiary/aromatic N) is 3. The second kappa shape index (κ2) is 5.30. The van der Waals surface area contributed by atoms with Crippen molar-refractivity contribution in [1.29, 1.82) is 0 Å². The van der Waals surface area contributed by atoms with Crippen LogP contribution in [0.1, 0.15) is 30.3 Å². The first-order valence-corrected chi connectivity index (χ1v) is 6.06. The fraction of sp³-hybridized carbons (Fsp3) is 0.583. The summed E-state index contributed by atoms with van der Waals surface area (Å²) in [5, 5.41) is 18.4. The molecule has 0 aliphatic carbocycles. The van der Waals surface area contributed by atoms with Gasteiger partial charge < -0.3 is 15.1 Å². The molecule has 1 aromatic rings. The van der Waals surface area contributed by atoms with E-state index in [9.17, 15) is 9.90 Å². The third-order valence-electron chi connectivity index (χ3n) is 3.39. The molecule has 1 atom stereocenters. The van der Waals surface area contributed by atoms with E-state index in [2.05, 4.69) is 9.97 Å². The zero-order valence-corrected chi connectivity index (χ0v) is 10.3. The fourth-order valence-corrected chi connectivity index (χ4v) is 2.22. The molecule has 1 aromatic heterocycles. The number of anilines is 1. The molecule has 1 aliphatic heterocycles. The molecule has 0 bridgehead atoms. The van der Waals surface area contributed by atoms with Gasteiger partial charge in [0, 0.05) is 13.1 Å². The minimum atomic E-state index is -1.07. The average molecular weight is 251 g/mol. The van der Waals surface area contributed by atoms with Gasteiger partial charge in [-0.05, 0) is 25.7 Å². The lowest BCUT2D eigenvalue weighted by Crippen LogP contribution is -2.37. The van der Waals surface area contributed by atoms with Gasteiger partial charge in [-0.3, -0.25) is 4.98 Å². The molecule has 2 N–H and O–H groups in total. The van der Waals surface area contributed by atoms with Gasteiger partial charge in [0.2, 0.25) is 0 Å². The van der Waals surface area contributed by atoms with Crippen LogP contribution in [0.5, 0.6) is 0 Å². The molecular weight excluding hydrogens is 234 g/mol. The maximum atomic E-state index is 10.8. The zero-order valence-electron chi connectivity index (χ0n) is 10.3. The SMILES string of the molecule is CC(O)C1CCN(c2cncc(C(=O)O)n2)CC1. The Bertz CT molecular complexity index is 428. The number of rotatable bonds is 3. The van der Waals surface area contributed by atoms with Crippen molar-refractivity contribution in [2.75, 3.05) is 18.0 Å². The largest absolute Gasteiger partial charge is 0.476 e. The summed E-state index contributed by atoms with van der Waals surface area (Å²) in [7, 11) is 0. The smallest absolute Gasteiger partial charge is 0.356 e. The van der Waals surface area contributed by atoms with Crippen LogP contribution < -0.4 is 4.90 Å². The normalized spacial score (nSPS) is 18.7. The lowest BCUT2D eigenvalue weighted by molar-refractivity contribution is 0.0690. The summed E-state index contributed by atoms with van der Waals surface area (Å²) < 4.78 is 0. The van der Waals surface area contributed by atoms with E-state index in [1.54, 1.807) is 6.20 Å². The first kappa shape index (κ1) is 12.8. The van der Waals surface area contributed by atoms with Crippen LogP contribution in [0.4, 0.5) is 5.82 Å². The highest BCUT2D eigenvalue weighted by molar-refractivity contribution is 5.85. The summed E-state index contributed by atoms with van der Waals surface area (Å²) in [4.78, 5) is 20.8. The van der Waals surface area contributed by atoms with E-state index >= 15 is 0 Å². The number of aliphatic hydroxyl groups excluding tert-OH is 1. The predicted molar refractivity (Wildman–Crippen MR) is 65.6 cm³/mol. The summed E-state index contributed by atoms with van der Waals surface area (Å²) in [6.07, 6.45) is 4.31. The molecule has 0 amide bonds. The fourth-order valence-electron chi connectivity index (χ4n) is 2.22. The van der Waals surface area contributed by atoms with Crippen molar-refractivity contribution in [3.63, 3.8) is 0 Å². The Labute approximate surface area is 105 Å². The van der Waals surface area contributed by atoms with Gasteiger partial charge in [0.05, 0.1) is 18.5 Å². The zero-order chi connectivity index (χ0) is 13.1. The van der Waals surface area contributed by atoms with E-state index < -0.39 is 5.97 Å². The molecule has 1 fully saturated rings. The van der Waals surface area contributed by atoms with E-state index in [1.165, 1.54) is 6.20 Å². The molecule has 98 valence electrons. The monoisotopic (exact) mass is 251 g/mol. The molecule has 2 heterocycles. The molecule has 0 saturated carbocycles. The number of aromatic carboxylic acids is 1. The lowest BCUT2D eigenvalue weighted by Gasteiger charge is -2.33. The Morgan fingerprint density at radius 2 is 2.11 bits per heavy atom. The highest BCUT2D eigenvalue weighted by Crippen LogP contribution is 2.23. The number of piperidine rings is 1. The average Bonchev–Trinajstić information content (AvgIpc) is 2.39. The molecule has 6 nitrogen and oxygen atoms in total. The van der Waals surface area contributed by atoms with Gasteiger partial charge in [-0.15, -0.1) is 0 Å². The summed E-state index contributed by atoms with van der Waals surface area (Å²) >= 11 is 0. The Morgan fingerprint density at radius 1 is 1.44 bits per heavy atom. The number of aromatic nitrogens is 2. The second-order valence-corrected chi connectivity index (χ2v) is 4.63. The topological polar surface area (TPSA) is 86.5 Å². The van der Waals surface area contributed by atoms with Gasteiger partial charge in [-0.25, -0.2) is 9.78 Å². The predicted octanol–water partition coefficient (Wildman–Crippen LogP) is 0.772. The minimum Gasteiger partial charge on any atom is -0.476 e. The van der Waals surface area contributed by atoms with Crippen LogP contribution in [0.15, 0.2) is 12.4 Å². The van der Waals surface area contributed by atoms with Crippen molar-refractivity contribution in [2.45, 2.75) is 25.9 Å². The molecule has 1 unspecified atom stereocenters. The number of aliphatic hydroxyl groups is 1. The quantitative estimate of drug-likeness (QED) is 0.825. The van der Waals surface area contributed by atoms with Crippen molar-refractivity contribution in [1.82, 2.24) is 9.97 Å². The van der Waals surface area contributed by atoms with Crippen molar-refractivity contribution in [3.05, 3.63) is 18.1 Å². The highest BCUT2D eigenvalue weighted by atomic mass is 16.4. The van der Waals surface area contributed by atoms with Crippen LogP contribution in [0.3, 0.4) is 0 Å². The molecule has 1 saturated heterocycles. The number of hydrogen-bond donors (Lipinski definition) is 2. The maximum Gasteiger partial charge on any atom is 0.356 e. The molecular formula is C12H17N3O3. The van der Waals surface area contributed by atoms with Crippen LogP contribution in [-0.2, 0) is 0 Å². The molecule has 2 rings (SSSR count). The standard InChI is InChI=1S/C12H17N3O3/c1-8(16)9-2-4-15(5-3-9)11-7-13-6-10(14-11)12(17)18/h6-9,16H,2-5H2,1H3,(H,17,18). The molecule has 1 aliphatic rings. The van der Waals surface area contributed by atoms with Crippen molar-refractivity contribution >= 4 is 11.8 Å². The Kier molecular flexibility index (Phi) is 3.76. The van der Waals surface area contributed by atoms with Gasteiger partial charge in [-0.1, -0.05) is 0 Å². The maximum absolute atomic E-state index is 10.8. The van der Waals surface area contributed by atoms with Gasteiger partial charge >= 0.3 is 5.97 Å². The van der Waals surface area contributed by atoms with Crippen LogP contribution in [0, 0.1) is 5.92 Å². The van der Waals surface area contributed by atoms with E-state index in [0.29, 0.717) is 11.7 Å². The molecule has 6 heteroatoms. The Balaban J connectivity index is 2.05. The first-order chi connectivity index (χ1) is 8.58.